The number of likely N-dealkylation sites (tertiary alicyclic amines) is 1. The average Bonchev–Trinajstić information content (AvgIpc) is 3.28. The van der Waals surface area contributed by atoms with Crippen molar-refractivity contribution < 1.29 is 14.7 Å². The van der Waals surface area contributed by atoms with Crippen LogP contribution >= 0.6 is 0 Å². The molecule has 2 N–H and O–H groups in total. The van der Waals surface area contributed by atoms with Gasteiger partial charge in [0, 0.05) is 26.2 Å². The van der Waals surface area contributed by atoms with Gasteiger partial charge in [-0.1, -0.05) is 6.92 Å². The maximum atomic E-state index is 12.4. The number of nitrogens with one attached hydrogen (secondary N) is 1. The fourth-order valence-electron chi connectivity index (χ4n) is 3.07. The van der Waals surface area contributed by atoms with Gasteiger partial charge in [-0.2, -0.15) is 0 Å². The van der Waals surface area contributed by atoms with Crippen LogP contribution in [0.4, 0.5) is 0 Å². The van der Waals surface area contributed by atoms with Crippen molar-refractivity contribution in [2.24, 2.45) is 0 Å². The van der Waals surface area contributed by atoms with Crippen molar-refractivity contribution >= 4 is 11.8 Å². The molecule has 0 radical (unpaired) electrons. The first-order valence-corrected chi connectivity index (χ1v) is 7.92. The summed E-state index contributed by atoms with van der Waals surface area (Å²) in [5, 5.41) is 13.1. The van der Waals surface area contributed by atoms with Crippen LogP contribution in [0.3, 0.4) is 0 Å². The molecular formula is C15H27N3O3. The van der Waals surface area contributed by atoms with Crippen LogP contribution in [0.5, 0.6) is 0 Å². The quantitative estimate of drug-likeness (QED) is 0.721. The lowest BCUT2D eigenvalue weighted by Crippen LogP contribution is -2.54. The zero-order valence-corrected chi connectivity index (χ0v) is 13.1. The van der Waals surface area contributed by atoms with Crippen LogP contribution in [-0.2, 0) is 9.59 Å². The highest BCUT2D eigenvalue weighted by Gasteiger charge is 2.38. The first kappa shape index (κ1) is 16.2. The molecule has 120 valence electrons. The summed E-state index contributed by atoms with van der Waals surface area (Å²) in [5.74, 6) is -0.112. The average molecular weight is 297 g/mol. The predicted molar refractivity (Wildman–Crippen MR) is 79.7 cm³/mol. The van der Waals surface area contributed by atoms with Crippen LogP contribution < -0.4 is 5.32 Å². The molecule has 0 bridgehead atoms. The van der Waals surface area contributed by atoms with E-state index in [1.807, 2.05) is 0 Å². The number of aliphatic hydroxyl groups is 1. The van der Waals surface area contributed by atoms with E-state index in [4.69, 9.17) is 0 Å². The summed E-state index contributed by atoms with van der Waals surface area (Å²) >= 11 is 0. The Morgan fingerprint density at radius 1 is 1.43 bits per heavy atom. The number of hydrogen-bond acceptors (Lipinski definition) is 4. The van der Waals surface area contributed by atoms with Gasteiger partial charge in [0.2, 0.25) is 11.8 Å². The predicted octanol–water partition coefficient (Wildman–Crippen LogP) is -0.0397. The Kier molecular flexibility index (Phi) is 5.22. The van der Waals surface area contributed by atoms with E-state index in [1.54, 1.807) is 11.9 Å². The molecule has 6 heteroatoms. The second kappa shape index (κ2) is 6.75. The van der Waals surface area contributed by atoms with Gasteiger partial charge < -0.3 is 15.3 Å². The Balaban J connectivity index is 1.90. The number of hydrogen-bond donors (Lipinski definition) is 2. The number of nitrogens with zero attached hydrogens (tertiary/aromatic N) is 2. The highest BCUT2D eigenvalue weighted by Crippen LogP contribution is 2.28. The Bertz CT molecular complexity index is 398. The van der Waals surface area contributed by atoms with Crippen molar-refractivity contribution in [3.63, 3.8) is 0 Å². The van der Waals surface area contributed by atoms with E-state index in [1.165, 1.54) is 12.8 Å². The van der Waals surface area contributed by atoms with Crippen molar-refractivity contribution in [3.05, 3.63) is 0 Å². The summed E-state index contributed by atoms with van der Waals surface area (Å²) in [6, 6.07) is 0.563. The lowest BCUT2D eigenvalue weighted by molar-refractivity contribution is -0.143. The smallest absolute Gasteiger partial charge is 0.236 e. The van der Waals surface area contributed by atoms with E-state index in [2.05, 4.69) is 17.1 Å². The second-order valence-corrected chi connectivity index (χ2v) is 6.29. The van der Waals surface area contributed by atoms with E-state index in [0.29, 0.717) is 25.6 Å². The van der Waals surface area contributed by atoms with Crippen LogP contribution in [0, 0.1) is 0 Å². The van der Waals surface area contributed by atoms with Gasteiger partial charge in [0.15, 0.2) is 0 Å². The van der Waals surface area contributed by atoms with Crippen LogP contribution in [0.25, 0.3) is 0 Å². The van der Waals surface area contributed by atoms with Gasteiger partial charge in [-0.3, -0.25) is 14.5 Å². The molecule has 2 rings (SSSR count). The summed E-state index contributed by atoms with van der Waals surface area (Å²) in [4.78, 5) is 27.8. The molecule has 0 aromatic carbocycles. The Morgan fingerprint density at radius 2 is 2.14 bits per heavy atom. The number of carbonyl (C=O) groups excluding carboxylic acids is 2. The number of carbonyl (C=O) groups is 2. The lowest BCUT2D eigenvalue weighted by atomic mass is 9.89. The van der Waals surface area contributed by atoms with Gasteiger partial charge in [-0.05, 0) is 32.2 Å². The van der Waals surface area contributed by atoms with Crippen LogP contribution in [0.2, 0.25) is 0 Å². The molecule has 1 atom stereocenters. The second-order valence-electron chi connectivity index (χ2n) is 6.29. The molecule has 1 aliphatic carbocycles. The monoisotopic (exact) mass is 297 g/mol. The zero-order valence-electron chi connectivity index (χ0n) is 13.1. The third-order valence-corrected chi connectivity index (χ3v) is 4.48. The molecule has 2 aliphatic rings. The van der Waals surface area contributed by atoms with Gasteiger partial charge in [0.25, 0.3) is 0 Å². The molecule has 1 heterocycles. The molecule has 2 amide bonds. The number of likely N-dealkylation sites (N-methyl/N-ethyl adjacent to an activating group) is 1. The minimum atomic E-state index is -1.08. The molecule has 0 spiro atoms. The van der Waals surface area contributed by atoms with Gasteiger partial charge in [-0.15, -0.1) is 0 Å². The maximum absolute atomic E-state index is 12.4. The van der Waals surface area contributed by atoms with E-state index in [9.17, 15) is 14.7 Å². The SMILES string of the molecule is CCN(CC(=O)N1CCCC(O)(CC(=O)NC)C1)C1CC1. The number of piperidine rings is 1. The molecular weight excluding hydrogens is 270 g/mol. The van der Waals surface area contributed by atoms with Crippen molar-refractivity contribution in [3.8, 4) is 0 Å². The molecule has 6 nitrogen and oxygen atoms in total. The number of rotatable bonds is 6. The van der Waals surface area contributed by atoms with Crippen molar-refractivity contribution in [2.75, 3.05) is 33.2 Å². The van der Waals surface area contributed by atoms with Crippen LogP contribution in [0.15, 0.2) is 0 Å². The van der Waals surface area contributed by atoms with E-state index < -0.39 is 5.60 Å². The molecule has 1 unspecified atom stereocenters. The minimum absolute atomic E-state index is 0.0629. The van der Waals surface area contributed by atoms with E-state index in [-0.39, 0.29) is 24.8 Å². The van der Waals surface area contributed by atoms with Crippen molar-refractivity contribution in [2.45, 2.75) is 50.7 Å². The summed E-state index contributed by atoms with van der Waals surface area (Å²) in [5.41, 5.74) is -1.08. The van der Waals surface area contributed by atoms with Crippen LogP contribution in [-0.4, -0.2) is 71.6 Å². The summed E-state index contributed by atoms with van der Waals surface area (Å²) < 4.78 is 0. The molecule has 1 saturated heterocycles. The fourth-order valence-corrected chi connectivity index (χ4v) is 3.07. The number of β-amino-alcohol motifs (C(OH)–C–C–N with tert-alkyl or cyclic N) is 1. The molecule has 2 fully saturated rings. The molecule has 0 aromatic rings. The largest absolute Gasteiger partial charge is 0.388 e. The first-order chi connectivity index (χ1) is 9.97. The van der Waals surface area contributed by atoms with Crippen molar-refractivity contribution in [1.82, 2.24) is 15.1 Å². The molecule has 1 aliphatic heterocycles. The van der Waals surface area contributed by atoms with Gasteiger partial charge in [0.1, 0.15) is 0 Å². The van der Waals surface area contributed by atoms with Gasteiger partial charge in [0.05, 0.1) is 18.6 Å². The topological polar surface area (TPSA) is 72.9 Å². The molecule has 0 aromatic heterocycles. The standard InChI is InChI=1S/C15H27N3O3/c1-3-17(12-5-6-12)10-14(20)18-8-4-7-15(21,11-18)9-13(19)16-2/h12,21H,3-11H2,1-2H3,(H,16,19). The summed E-state index contributed by atoms with van der Waals surface area (Å²) in [6.45, 7) is 4.33. The van der Waals surface area contributed by atoms with E-state index >= 15 is 0 Å². The van der Waals surface area contributed by atoms with Gasteiger partial charge in [-0.25, -0.2) is 0 Å². The normalized spacial score (nSPS) is 26.0. The highest BCUT2D eigenvalue weighted by atomic mass is 16.3. The van der Waals surface area contributed by atoms with Crippen molar-refractivity contribution in [1.29, 1.82) is 0 Å². The van der Waals surface area contributed by atoms with E-state index in [0.717, 1.165) is 13.0 Å². The number of amides is 2. The Morgan fingerprint density at radius 3 is 2.71 bits per heavy atom. The Labute approximate surface area is 126 Å². The fraction of sp³-hybridized carbons (Fsp3) is 0.867. The summed E-state index contributed by atoms with van der Waals surface area (Å²) in [6.07, 6.45) is 3.75. The van der Waals surface area contributed by atoms with Crippen LogP contribution in [0.1, 0.15) is 39.0 Å². The highest BCUT2D eigenvalue weighted by molar-refractivity contribution is 5.79. The molecule has 21 heavy (non-hydrogen) atoms. The Hall–Kier alpha value is -1.14. The third-order valence-electron chi connectivity index (χ3n) is 4.48. The molecule has 1 saturated carbocycles. The zero-order chi connectivity index (χ0) is 15.5. The summed E-state index contributed by atoms with van der Waals surface area (Å²) in [7, 11) is 1.56. The third kappa shape index (κ3) is 4.41. The minimum Gasteiger partial charge on any atom is -0.388 e. The lowest BCUT2D eigenvalue weighted by Gasteiger charge is -2.39. The maximum Gasteiger partial charge on any atom is 0.236 e. The first-order valence-electron chi connectivity index (χ1n) is 7.92. The van der Waals surface area contributed by atoms with Gasteiger partial charge >= 0.3 is 0 Å².